The molecule has 0 amide bonds. The number of rotatable bonds is 6. The molecule has 4 nitrogen and oxygen atoms in total. The van der Waals surface area contributed by atoms with Gasteiger partial charge in [0, 0.05) is 17.0 Å². The number of phenols is 1. The van der Waals surface area contributed by atoms with Crippen molar-refractivity contribution in [2.75, 3.05) is 13.6 Å². The minimum atomic E-state index is 0.242. The van der Waals surface area contributed by atoms with Crippen molar-refractivity contribution in [2.45, 2.75) is 33.1 Å². The summed E-state index contributed by atoms with van der Waals surface area (Å²) in [5.41, 5.74) is 4.34. The van der Waals surface area contributed by atoms with E-state index in [9.17, 15) is 5.11 Å². The van der Waals surface area contributed by atoms with E-state index in [1.165, 1.54) is 5.56 Å². The number of benzene rings is 1. The molecule has 2 aromatic rings. The van der Waals surface area contributed by atoms with Gasteiger partial charge < -0.3 is 10.4 Å². The van der Waals surface area contributed by atoms with E-state index in [4.69, 9.17) is 9.97 Å². The van der Waals surface area contributed by atoms with Crippen molar-refractivity contribution in [1.29, 1.82) is 0 Å². The number of aromatic hydroxyl groups is 1. The predicted molar refractivity (Wildman–Crippen MR) is 85.5 cm³/mol. The first-order valence-electron chi connectivity index (χ1n) is 7.52. The van der Waals surface area contributed by atoms with Gasteiger partial charge in [-0.25, -0.2) is 9.97 Å². The van der Waals surface area contributed by atoms with Crippen molar-refractivity contribution in [1.82, 2.24) is 15.3 Å². The highest BCUT2D eigenvalue weighted by molar-refractivity contribution is 5.58. The maximum Gasteiger partial charge on any atom is 0.159 e. The SMILES string of the molecule is CCc1nc(-c2cccc(O)c2)nc(CC)c1CCNC. The Kier molecular flexibility index (Phi) is 5.28. The molecule has 1 aromatic heterocycles. The number of hydrogen-bond donors (Lipinski definition) is 2. The van der Waals surface area contributed by atoms with E-state index in [2.05, 4.69) is 19.2 Å². The van der Waals surface area contributed by atoms with Gasteiger partial charge in [0.05, 0.1) is 0 Å². The van der Waals surface area contributed by atoms with E-state index >= 15 is 0 Å². The predicted octanol–water partition coefficient (Wildman–Crippen LogP) is 2.74. The van der Waals surface area contributed by atoms with Crippen LogP contribution in [0.3, 0.4) is 0 Å². The van der Waals surface area contributed by atoms with Crippen LogP contribution in [0.4, 0.5) is 0 Å². The first kappa shape index (κ1) is 15.4. The first-order valence-corrected chi connectivity index (χ1v) is 7.52. The third kappa shape index (κ3) is 3.58. The number of aromatic nitrogens is 2. The zero-order chi connectivity index (χ0) is 15.2. The summed E-state index contributed by atoms with van der Waals surface area (Å²) in [4.78, 5) is 9.43. The molecule has 0 radical (unpaired) electrons. The van der Waals surface area contributed by atoms with Crippen molar-refractivity contribution in [3.05, 3.63) is 41.2 Å². The zero-order valence-electron chi connectivity index (χ0n) is 13.0. The summed E-state index contributed by atoms with van der Waals surface area (Å²) in [6.45, 7) is 5.17. The highest BCUT2D eigenvalue weighted by Crippen LogP contribution is 2.23. The quantitative estimate of drug-likeness (QED) is 0.857. The van der Waals surface area contributed by atoms with Gasteiger partial charge in [0.25, 0.3) is 0 Å². The first-order chi connectivity index (χ1) is 10.2. The number of hydrogen-bond acceptors (Lipinski definition) is 4. The molecule has 0 aliphatic rings. The molecular formula is C17H23N3O. The lowest BCUT2D eigenvalue weighted by atomic mass is 10.0. The Hall–Kier alpha value is -1.94. The van der Waals surface area contributed by atoms with E-state index in [0.29, 0.717) is 5.82 Å². The van der Waals surface area contributed by atoms with Crippen LogP contribution >= 0.6 is 0 Å². The van der Waals surface area contributed by atoms with Gasteiger partial charge in [-0.2, -0.15) is 0 Å². The summed E-state index contributed by atoms with van der Waals surface area (Å²) in [6, 6.07) is 7.12. The summed E-state index contributed by atoms with van der Waals surface area (Å²) < 4.78 is 0. The molecule has 1 aromatic carbocycles. The Morgan fingerprint density at radius 1 is 1.10 bits per heavy atom. The summed E-state index contributed by atoms with van der Waals surface area (Å²) in [7, 11) is 1.96. The van der Waals surface area contributed by atoms with Crippen LogP contribution in [0.25, 0.3) is 11.4 Å². The molecule has 112 valence electrons. The number of likely N-dealkylation sites (N-methyl/N-ethyl adjacent to an activating group) is 1. The Balaban J connectivity index is 2.49. The summed E-state index contributed by atoms with van der Waals surface area (Å²) in [5.74, 6) is 0.944. The third-order valence-corrected chi connectivity index (χ3v) is 3.58. The number of nitrogens with zero attached hydrogens (tertiary/aromatic N) is 2. The van der Waals surface area contributed by atoms with E-state index in [1.54, 1.807) is 12.1 Å². The van der Waals surface area contributed by atoms with Crippen LogP contribution in [0, 0.1) is 0 Å². The van der Waals surface area contributed by atoms with Crippen molar-refractivity contribution in [2.24, 2.45) is 0 Å². The van der Waals surface area contributed by atoms with Crippen LogP contribution in [0.1, 0.15) is 30.8 Å². The van der Waals surface area contributed by atoms with Crippen LogP contribution < -0.4 is 5.32 Å². The molecule has 0 unspecified atom stereocenters. The standard InChI is InChI=1S/C17H23N3O/c1-4-15-14(9-10-18-3)16(5-2)20-17(19-15)12-7-6-8-13(21)11-12/h6-8,11,18,21H,4-5,9-10H2,1-3H3. The Bertz CT molecular complexity index is 586. The molecule has 2 N–H and O–H groups in total. The average molecular weight is 285 g/mol. The molecule has 0 aliphatic heterocycles. The van der Waals surface area contributed by atoms with Crippen LogP contribution in [0.5, 0.6) is 5.75 Å². The smallest absolute Gasteiger partial charge is 0.159 e. The molecule has 0 atom stereocenters. The molecule has 0 saturated carbocycles. The largest absolute Gasteiger partial charge is 0.508 e. The van der Waals surface area contributed by atoms with Gasteiger partial charge in [-0.15, -0.1) is 0 Å². The van der Waals surface area contributed by atoms with E-state index in [-0.39, 0.29) is 5.75 Å². The van der Waals surface area contributed by atoms with E-state index in [1.807, 2.05) is 19.2 Å². The number of aryl methyl sites for hydroxylation is 2. The fourth-order valence-electron chi connectivity index (χ4n) is 2.48. The maximum atomic E-state index is 9.63. The van der Waals surface area contributed by atoms with Gasteiger partial charge in [0.1, 0.15) is 5.75 Å². The average Bonchev–Trinajstić information content (AvgIpc) is 2.52. The lowest BCUT2D eigenvalue weighted by molar-refractivity contribution is 0.475. The lowest BCUT2D eigenvalue weighted by Crippen LogP contribution is -2.15. The molecular weight excluding hydrogens is 262 g/mol. The molecule has 21 heavy (non-hydrogen) atoms. The normalized spacial score (nSPS) is 10.8. The van der Waals surface area contributed by atoms with Gasteiger partial charge in [-0.05, 0) is 50.6 Å². The Labute approximate surface area is 126 Å². The van der Waals surface area contributed by atoms with Gasteiger partial charge in [-0.1, -0.05) is 26.0 Å². The highest BCUT2D eigenvalue weighted by Gasteiger charge is 2.13. The molecule has 4 heteroatoms. The highest BCUT2D eigenvalue weighted by atomic mass is 16.3. The second kappa shape index (κ2) is 7.18. The van der Waals surface area contributed by atoms with Gasteiger partial charge in [0.15, 0.2) is 5.82 Å². The topological polar surface area (TPSA) is 58.0 Å². The van der Waals surface area contributed by atoms with Crippen molar-refractivity contribution in [3.63, 3.8) is 0 Å². The molecule has 0 aliphatic carbocycles. The second-order valence-corrected chi connectivity index (χ2v) is 5.03. The Morgan fingerprint density at radius 3 is 2.29 bits per heavy atom. The van der Waals surface area contributed by atoms with E-state index in [0.717, 1.165) is 42.8 Å². The van der Waals surface area contributed by atoms with Gasteiger partial charge in [0.2, 0.25) is 0 Å². The maximum absolute atomic E-state index is 9.63. The summed E-state index contributed by atoms with van der Waals surface area (Å²) >= 11 is 0. The molecule has 0 saturated heterocycles. The zero-order valence-corrected chi connectivity index (χ0v) is 13.0. The molecule has 0 fully saturated rings. The Morgan fingerprint density at radius 2 is 1.76 bits per heavy atom. The van der Waals surface area contributed by atoms with Gasteiger partial charge in [-0.3, -0.25) is 0 Å². The molecule has 0 bridgehead atoms. The van der Waals surface area contributed by atoms with Crippen LogP contribution in [0.2, 0.25) is 0 Å². The van der Waals surface area contributed by atoms with Crippen molar-refractivity contribution < 1.29 is 5.11 Å². The van der Waals surface area contributed by atoms with Crippen LogP contribution in [-0.4, -0.2) is 28.7 Å². The van der Waals surface area contributed by atoms with Crippen LogP contribution in [0.15, 0.2) is 24.3 Å². The number of nitrogens with one attached hydrogen (secondary N) is 1. The van der Waals surface area contributed by atoms with E-state index < -0.39 is 0 Å². The van der Waals surface area contributed by atoms with Crippen molar-refractivity contribution >= 4 is 0 Å². The third-order valence-electron chi connectivity index (χ3n) is 3.58. The summed E-state index contributed by atoms with van der Waals surface area (Å²) in [6.07, 6.45) is 2.73. The molecule has 0 spiro atoms. The minimum Gasteiger partial charge on any atom is -0.508 e. The fourth-order valence-corrected chi connectivity index (χ4v) is 2.48. The number of phenolic OH excluding ortho intramolecular Hbond substituents is 1. The van der Waals surface area contributed by atoms with Crippen LogP contribution in [-0.2, 0) is 19.3 Å². The molecule has 2 rings (SSSR count). The second-order valence-electron chi connectivity index (χ2n) is 5.03. The van der Waals surface area contributed by atoms with Gasteiger partial charge >= 0.3 is 0 Å². The van der Waals surface area contributed by atoms with Crippen molar-refractivity contribution in [3.8, 4) is 17.1 Å². The minimum absolute atomic E-state index is 0.242. The fraction of sp³-hybridized carbons (Fsp3) is 0.412. The molecule has 1 heterocycles. The summed E-state index contributed by atoms with van der Waals surface area (Å²) in [5, 5.41) is 12.8. The lowest BCUT2D eigenvalue weighted by Gasteiger charge is -2.14. The monoisotopic (exact) mass is 285 g/mol.